The molecule has 0 aliphatic rings. The van der Waals surface area contributed by atoms with E-state index in [0.29, 0.717) is 0 Å². The highest BCUT2D eigenvalue weighted by molar-refractivity contribution is 5.48. The molecule has 2 nitrogen and oxygen atoms in total. The molecule has 35 heavy (non-hydrogen) atoms. The van der Waals surface area contributed by atoms with E-state index in [1.54, 1.807) is 0 Å². The highest BCUT2D eigenvalue weighted by atomic mass is 14.5. The Morgan fingerprint density at radius 2 is 1.00 bits per heavy atom. The van der Waals surface area contributed by atoms with Crippen LogP contribution in [0.5, 0.6) is 0 Å². The third-order valence-electron chi connectivity index (χ3n) is 7.45. The monoisotopic (exact) mass is 462 g/mol. The molecule has 0 radical (unpaired) electrons. The first-order valence-electron chi connectivity index (χ1n) is 12.7. The topological polar surface area (TPSA) is 52.0 Å². The molecule has 0 saturated carbocycles. The van der Waals surface area contributed by atoms with Gasteiger partial charge in [-0.25, -0.2) is 0 Å². The second-order valence-electron chi connectivity index (χ2n) is 10.2. The van der Waals surface area contributed by atoms with Crippen molar-refractivity contribution in [2.24, 2.45) is 0 Å². The van der Waals surface area contributed by atoms with Gasteiger partial charge in [-0.3, -0.25) is 0 Å². The van der Waals surface area contributed by atoms with Crippen LogP contribution in [-0.4, -0.2) is 0 Å². The largest absolute Gasteiger partial charge is 0.399 e. The van der Waals surface area contributed by atoms with Crippen molar-refractivity contribution in [1.29, 1.82) is 0 Å². The summed E-state index contributed by atoms with van der Waals surface area (Å²) in [5.74, 6) is 0. The van der Waals surface area contributed by atoms with Gasteiger partial charge in [0.05, 0.1) is 0 Å². The smallest absolute Gasteiger partial charge is 0.0316 e. The molecular formula is C33H38N2. The fourth-order valence-corrected chi connectivity index (χ4v) is 5.21. The molecule has 4 aromatic carbocycles. The summed E-state index contributed by atoms with van der Waals surface area (Å²) in [4.78, 5) is 0. The van der Waals surface area contributed by atoms with Crippen LogP contribution in [0.3, 0.4) is 0 Å². The number of nitrogens with two attached hydrogens (primary N) is 2. The summed E-state index contributed by atoms with van der Waals surface area (Å²) in [7, 11) is 0. The van der Waals surface area contributed by atoms with Crippen LogP contribution in [0.4, 0.5) is 11.4 Å². The number of benzene rings is 4. The molecule has 0 saturated heterocycles. The van der Waals surface area contributed by atoms with Crippen molar-refractivity contribution < 1.29 is 0 Å². The van der Waals surface area contributed by atoms with E-state index < -0.39 is 0 Å². The van der Waals surface area contributed by atoms with E-state index in [1.807, 2.05) is 12.1 Å². The predicted molar refractivity (Wildman–Crippen MR) is 151 cm³/mol. The quantitative estimate of drug-likeness (QED) is 0.263. The summed E-state index contributed by atoms with van der Waals surface area (Å²) >= 11 is 0. The van der Waals surface area contributed by atoms with E-state index in [2.05, 4.69) is 100 Å². The van der Waals surface area contributed by atoms with Gasteiger partial charge in [0.1, 0.15) is 0 Å². The SMILES string of the molecule is CCCC(C)(c1ccc(Cc2ccc(N)cc2C)cc1)c1ccc(Cc2ccc(N)cc2C)cc1. The average molecular weight is 463 g/mol. The van der Waals surface area contributed by atoms with Crippen molar-refractivity contribution in [3.8, 4) is 0 Å². The molecule has 0 spiro atoms. The first kappa shape index (κ1) is 24.6. The lowest BCUT2D eigenvalue weighted by Crippen LogP contribution is -2.23. The van der Waals surface area contributed by atoms with Gasteiger partial charge in [-0.15, -0.1) is 0 Å². The predicted octanol–water partition coefficient (Wildman–Crippen LogP) is 7.76. The molecule has 4 aromatic rings. The molecule has 4 N–H and O–H groups in total. The van der Waals surface area contributed by atoms with Crippen LogP contribution in [0.15, 0.2) is 84.9 Å². The fourth-order valence-electron chi connectivity index (χ4n) is 5.21. The van der Waals surface area contributed by atoms with E-state index in [-0.39, 0.29) is 5.41 Å². The van der Waals surface area contributed by atoms with E-state index >= 15 is 0 Å². The van der Waals surface area contributed by atoms with Crippen LogP contribution in [-0.2, 0) is 18.3 Å². The maximum atomic E-state index is 5.93. The molecule has 0 unspecified atom stereocenters. The van der Waals surface area contributed by atoms with E-state index in [1.165, 1.54) is 44.5 Å². The molecule has 0 heterocycles. The molecule has 180 valence electrons. The fraction of sp³-hybridized carbons (Fsp3) is 0.273. The van der Waals surface area contributed by atoms with E-state index in [4.69, 9.17) is 11.5 Å². The minimum Gasteiger partial charge on any atom is -0.399 e. The number of rotatable bonds is 8. The summed E-state index contributed by atoms with van der Waals surface area (Å²) < 4.78 is 0. The van der Waals surface area contributed by atoms with Gasteiger partial charge in [-0.1, -0.05) is 80.9 Å². The molecule has 0 aliphatic heterocycles. The Morgan fingerprint density at radius 3 is 1.34 bits per heavy atom. The van der Waals surface area contributed by atoms with Crippen molar-refractivity contribution in [3.05, 3.63) is 129 Å². The second kappa shape index (κ2) is 10.4. The van der Waals surface area contributed by atoms with Crippen molar-refractivity contribution in [1.82, 2.24) is 0 Å². The van der Waals surface area contributed by atoms with E-state index in [0.717, 1.165) is 37.1 Å². The molecule has 0 fully saturated rings. The number of anilines is 2. The van der Waals surface area contributed by atoms with Crippen molar-refractivity contribution in [2.75, 3.05) is 11.5 Å². The van der Waals surface area contributed by atoms with Crippen LogP contribution in [0.2, 0.25) is 0 Å². The third-order valence-corrected chi connectivity index (χ3v) is 7.45. The summed E-state index contributed by atoms with van der Waals surface area (Å²) in [6.07, 6.45) is 4.10. The maximum Gasteiger partial charge on any atom is 0.0316 e. The highest BCUT2D eigenvalue weighted by Gasteiger charge is 2.28. The number of hydrogen-bond donors (Lipinski definition) is 2. The van der Waals surface area contributed by atoms with Crippen molar-refractivity contribution in [3.63, 3.8) is 0 Å². The number of aryl methyl sites for hydroxylation is 2. The zero-order chi connectivity index (χ0) is 25.0. The van der Waals surface area contributed by atoms with Crippen molar-refractivity contribution >= 4 is 11.4 Å². The van der Waals surface area contributed by atoms with Crippen LogP contribution in [0.25, 0.3) is 0 Å². The lowest BCUT2D eigenvalue weighted by Gasteiger charge is -2.31. The number of nitrogen functional groups attached to an aromatic ring is 2. The highest BCUT2D eigenvalue weighted by Crippen LogP contribution is 2.37. The lowest BCUT2D eigenvalue weighted by molar-refractivity contribution is 0.511. The van der Waals surface area contributed by atoms with Gasteiger partial charge in [0.15, 0.2) is 0 Å². The molecule has 0 atom stereocenters. The molecule has 0 aromatic heterocycles. The molecule has 2 heteroatoms. The molecule has 0 aliphatic carbocycles. The zero-order valence-electron chi connectivity index (χ0n) is 21.6. The zero-order valence-corrected chi connectivity index (χ0v) is 21.6. The normalized spacial score (nSPS) is 11.5. The third kappa shape index (κ3) is 5.59. The van der Waals surface area contributed by atoms with Crippen LogP contribution in [0.1, 0.15) is 71.2 Å². The molecule has 4 rings (SSSR count). The Hall–Kier alpha value is -3.52. The van der Waals surface area contributed by atoms with E-state index in [9.17, 15) is 0 Å². The van der Waals surface area contributed by atoms with Crippen molar-refractivity contribution in [2.45, 2.75) is 58.8 Å². The average Bonchev–Trinajstić information content (AvgIpc) is 2.83. The first-order valence-corrected chi connectivity index (χ1v) is 12.7. The molecule has 0 amide bonds. The summed E-state index contributed by atoms with van der Waals surface area (Å²) in [6, 6.07) is 30.8. The Morgan fingerprint density at radius 1 is 0.600 bits per heavy atom. The van der Waals surface area contributed by atoms with Crippen LogP contribution >= 0.6 is 0 Å². The van der Waals surface area contributed by atoms with Crippen LogP contribution in [0, 0.1) is 13.8 Å². The summed E-state index contributed by atoms with van der Waals surface area (Å²) in [5.41, 5.74) is 24.1. The minimum absolute atomic E-state index is 0.0139. The Labute approximate surface area is 211 Å². The van der Waals surface area contributed by atoms with Gasteiger partial charge in [0.2, 0.25) is 0 Å². The van der Waals surface area contributed by atoms with Gasteiger partial charge in [0, 0.05) is 16.8 Å². The van der Waals surface area contributed by atoms with Gasteiger partial charge in [0.25, 0.3) is 0 Å². The Bertz CT molecular complexity index is 1190. The van der Waals surface area contributed by atoms with Crippen LogP contribution < -0.4 is 11.5 Å². The van der Waals surface area contributed by atoms with Gasteiger partial charge < -0.3 is 11.5 Å². The maximum absolute atomic E-state index is 5.93. The number of hydrogen-bond acceptors (Lipinski definition) is 2. The Balaban J connectivity index is 1.55. The summed E-state index contributed by atoms with van der Waals surface area (Å²) in [5, 5.41) is 0. The van der Waals surface area contributed by atoms with Gasteiger partial charge in [-0.2, -0.15) is 0 Å². The van der Waals surface area contributed by atoms with Gasteiger partial charge in [-0.05, 0) is 102 Å². The standard InChI is InChI=1S/C33H38N2/c1-5-18-33(4,29-12-6-25(7-13-29)21-27-10-16-31(34)19-23(27)2)30-14-8-26(9-15-30)22-28-11-17-32(35)20-24(28)3/h6-17,19-20H,5,18,21-22,34-35H2,1-4H3. The Kier molecular flexibility index (Phi) is 7.31. The summed E-state index contributed by atoms with van der Waals surface area (Å²) in [6.45, 7) is 8.93. The first-order chi connectivity index (χ1) is 16.8. The van der Waals surface area contributed by atoms with Gasteiger partial charge >= 0.3 is 0 Å². The molecule has 0 bridgehead atoms. The molecular weight excluding hydrogens is 424 g/mol. The second-order valence-corrected chi connectivity index (χ2v) is 10.2. The minimum atomic E-state index is -0.0139. The lowest BCUT2D eigenvalue weighted by atomic mass is 9.72.